The van der Waals surface area contributed by atoms with E-state index in [0.717, 1.165) is 0 Å². The Morgan fingerprint density at radius 1 is 0.931 bits per heavy atom. The molecule has 1 fully saturated rings. The molecule has 0 saturated carbocycles. The van der Waals surface area contributed by atoms with Crippen molar-refractivity contribution in [1.82, 2.24) is 16.0 Å². The van der Waals surface area contributed by atoms with Crippen molar-refractivity contribution in [2.45, 2.75) is 85.2 Å². The Kier molecular flexibility index (Phi) is 10.1. The van der Waals surface area contributed by atoms with Gasteiger partial charge in [-0.15, -0.1) is 0 Å². The smallest absolute Gasteiger partial charge is 0.305 e. The third-order valence-corrected chi connectivity index (χ3v) is 4.39. The molecule has 0 spiro atoms. The van der Waals surface area contributed by atoms with Gasteiger partial charge in [-0.3, -0.25) is 19.2 Å². The molecule has 9 nitrogen and oxygen atoms in total. The Morgan fingerprint density at radius 2 is 1.48 bits per heavy atom. The van der Waals surface area contributed by atoms with Crippen molar-refractivity contribution in [3.8, 4) is 0 Å². The van der Waals surface area contributed by atoms with Gasteiger partial charge in [-0.1, -0.05) is 27.7 Å². The maximum atomic E-state index is 12.9. The standard InChI is InChI=1S/C20H35N3O6/c1-11(2)9-16(21-13(5)24)18(26)23-17(10-12(3)4)19(27)22-15-7-8-28-20(15)29-14(6)25/h11-12,15-17,20H,7-10H2,1-6H3,(H,21,24)(H,22,27)(H,23,26)/t15?,16-,17-,20?/m0/s1. The number of esters is 1. The van der Waals surface area contributed by atoms with Crippen LogP contribution in [0.25, 0.3) is 0 Å². The van der Waals surface area contributed by atoms with E-state index in [-0.39, 0.29) is 23.7 Å². The van der Waals surface area contributed by atoms with Crippen molar-refractivity contribution in [2.24, 2.45) is 11.8 Å². The van der Waals surface area contributed by atoms with Gasteiger partial charge >= 0.3 is 5.97 Å². The second-order valence-electron chi connectivity index (χ2n) is 8.33. The average Bonchev–Trinajstić information content (AvgIpc) is 2.98. The highest BCUT2D eigenvalue weighted by Gasteiger charge is 2.35. The lowest BCUT2D eigenvalue weighted by Crippen LogP contribution is -2.56. The molecule has 1 aliphatic rings. The van der Waals surface area contributed by atoms with E-state index in [2.05, 4.69) is 16.0 Å². The number of rotatable bonds is 10. The summed E-state index contributed by atoms with van der Waals surface area (Å²) in [5.41, 5.74) is 0. The lowest BCUT2D eigenvalue weighted by atomic mass is 10.00. The van der Waals surface area contributed by atoms with E-state index in [1.807, 2.05) is 27.7 Å². The van der Waals surface area contributed by atoms with Gasteiger partial charge < -0.3 is 25.4 Å². The van der Waals surface area contributed by atoms with Gasteiger partial charge in [0, 0.05) is 13.8 Å². The molecule has 3 N–H and O–H groups in total. The first-order chi connectivity index (χ1) is 13.5. The molecule has 0 aliphatic carbocycles. The third-order valence-electron chi connectivity index (χ3n) is 4.39. The lowest BCUT2D eigenvalue weighted by Gasteiger charge is -2.26. The van der Waals surface area contributed by atoms with Crippen LogP contribution in [-0.4, -0.2) is 54.7 Å². The van der Waals surface area contributed by atoms with Crippen LogP contribution < -0.4 is 16.0 Å². The van der Waals surface area contributed by atoms with E-state index in [0.29, 0.717) is 25.9 Å². The molecular weight excluding hydrogens is 378 g/mol. The largest absolute Gasteiger partial charge is 0.434 e. The van der Waals surface area contributed by atoms with Gasteiger partial charge in [0.1, 0.15) is 12.1 Å². The molecule has 0 aromatic heterocycles. The van der Waals surface area contributed by atoms with Gasteiger partial charge in [0.05, 0.1) is 12.6 Å². The average molecular weight is 414 g/mol. The van der Waals surface area contributed by atoms with Crippen molar-refractivity contribution < 1.29 is 28.7 Å². The summed E-state index contributed by atoms with van der Waals surface area (Å²) < 4.78 is 10.4. The highest BCUT2D eigenvalue weighted by atomic mass is 16.7. The number of ether oxygens (including phenoxy) is 2. The first kappa shape index (κ1) is 24.9. The zero-order chi connectivity index (χ0) is 22.1. The highest BCUT2D eigenvalue weighted by Crippen LogP contribution is 2.16. The molecule has 1 heterocycles. The molecule has 4 atom stereocenters. The molecule has 29 heavy (non-hydrogen) atoms. The topological polar surface area (TPSA) is 123 Å². The van der Waals surface area contributed by atoms with Gasteiger partial charge in [-0.25, -0.2) is 0 Å². The molecule has 1 saturated heterocycles. The quantitative estimate of drug-likeness (QED) is 0.457. The minimum Gasteiger partial charge on any atom is -0.434 e. The molecule has 3 amide bonds. The van der Waals surface area contributed by atoms with Crippen LogP contribution in [0.3, 0.4) is 0 Å². The summed E-state index contributed by atoms with van der Waals surface area (Å²) in [4.78, 5) is 48.3. The first-order valence-electron chi connectivity index (χ1n) is 10.2. The van der Waals surface area contributed by atoms with Crippen LogP contribution in [0.15, 0.2) is 0 Å². The van der Waals surface area contributed by atoms with E-state index in [9.17, 15) is 19.2 Å². The second-order valence-corrected chi connectivity index (χ2v) is 8.33. The summed E-state index contributed by atoms with van der Waals surface area (Å²) in [6, 6.07) is -1.96. The van der Waals surface area contributed by atoms with Crippen molar-refractivity contribution in [2.75, 3.05) is 6.61 Å². The Morgan fingerprint density at radius 3 is 1.97 bits per heavy atom. The van der Waals surface area contributed by atoms with Crippen molar-refractivity contribution >= 4 is 23.7 Å². The highest BCUT2D eigenvalue weighted by molar-refractivity contribution is 5.91. The monoisotopic (exact) mass is 413 g/mol. The number of hydrogen-bond donors (Lipinski definition) is 3. The minimum atomic E-state index is -0.833. The summed E-state index contributed by atoms with van der Waals surface area (Å²) in [6.07, 6.45) is 0.568. The van der Waals surface area contributed by atoms with Crippen LogP contribution in [0, 0.1) is 11.8 Å². The Labute approximate surface area is 172 Å². The lowest BCUT2D eigenvalue weighted by molar-refractivity contribution is -0.170. The molecule has 166 valence electrons. The molecule has 0 radical (unpaired) electrons. The van der Waals surface area contributed by atoms with Crippen molar-refractivity contribution in [3.63, 3.8) is 0 Å². The maximum absolute atomic E-state index is 12.9. The number of hydrogen-bond acceptors (Lipinski definition) is 6. The van der Waals surface area contributed by atoms with Crippen LogP contribution in [0.4, 0.5) is 0 Å². The van der Waals surface area contributed by atoms with Crippen LogP contribution in [0.5, 0.6) is 0 Å². The zero-order valence-corrected chi connectivity index (χ0v) is 18.2. The van der Waals surface area contributed by atoms with Crippen molar-refractivity contribution in [1.29, 1.82) is 0 Å². The van der Waals surface area contributed by atoms with Gasteiger partial charge in [0.25, 0.3) is 0 Å². The number of carbonyl (C=O) groups is 4. The normalized spacial score (nSPS) is 20.8. The predicted molar refractivity (Wildman–Crippen MR) is 106 cm³/mol. The van der Waals surface area contributed by atoms with E-state index in [1.54, 1.807) is 0 Å². The second kappa shape index (κ2) is 11.7. The summed E-state index contributed by atoms with van der Waals surface area (Å²) in [6.45, 7) is 10.8. The molecule has 0 bridgehead atoms. The fraction of sp³-hybridized carbons (Fsp3) is 0.800. The van der Waals surface area contributed by atoms with Gasteiger partial charge in [-0.2, -0.15) is 0 Å². The number of carbonyl (C=O) groups excluding carboxylic acids is 4. The van der Waals surface area contributed by atoms with E-state index in [4.69, 9.17) is 9.47 Å². The third kappa shape index (κ3) is 9.25. The summed E-state index contributed by atoms with van der Waals surface area (Å²) in [5, 5.41) is 8.25. The van der Waals surface area contributed by atoms with Crippen LogP contribution in [0.1, 0.15) is 60.8 Å². The first-order valence-corrected chi connectivity index (χ1v) is 10.2. The van der Waals surface area contributed by atoms with Crippen molar-refractivity contribution in [3.05, 3.63) is 0 Å². The number of amides is 3. The molecule has 1 aliphatic heterocycles. The fourth-order valence-corrected chi connectivity index (χ4v) is 3.19. The Hall–Kier alpha value is -2.16. The predicted octanol–water partition coefficient (Wildman–Crippen LogP) is 0.862. The molecular formula is C20H35N3O6. The van der Waals surface area contributed by atoms with Crippen LogP contribution in [-0.2, 0) is 28.7 Å². The van der Waals surface area contributed by atoms with Crippen LogP contribution >= 0.6 is 0 Å². The summed E-state index contributed by atoms with van der Waals surface area (Å²) in [5.74, 6) is -1.22. The zero-order valence-electron chi connectivity index (χ0n) is 18.2. The number of nitrogens with one attached hydrogen (secondary N) is 3. The Balaban J connectivity index is 2.83. The van der Waals surface area contributed by atoms with Gasteiger partial charge in [-0.05, 0) is 31.1 Å². The molecule has 2 unspecified atom stereocenters. The summed E-state index contributed by atoms with van der Waals surface area (Å²) >= 11 is 0. The minimum absolute atomic E-state index is 0.152. The van der Waals surface area contributed by atoms with E-state index < -0.39 is 36.3 Å². The van der Waals surface area contributed by atoms with Gasteiger partial charge in [0.15, 0.2) is 0 Å². The molecule has 9 heteroatoms. The van der Waals surface area contributed by atoms with E-state index >= 15 is 0 Å². The van der Waals surface area contributed by atoms with E-state index in [1.165, 1.54) is 13.8 Å². The molecule has 1 rings (SSSR count). The molecule has 0 aromatic carbocycles. The Bertz CT molecular complexity index is 593. The SMILES string of the molecule is CC(=O)N[C@@H](CC(C)C)C(=O)N[C@@H](CC(C)C)C(=O)NC1CCOC1OC(C)=O. The summed E-state index contributed by atoms with van der Waals surface area (Å²) in [7, 11) is 0. The fourth-order valence-electron chi connectivity index (χ4n) is 3.19. The molecule has 0 aromatic rings. The van der Waals surface area contributed by atoms with Crippen LogP contribution in [0.2, 0.25) is 0 Å². The van der Waals surface area contributed by atoms with Gasteiger partial charge in [0.2, 0.25) is 24.0 Å². The maximum Gasteiger partial charge on any atom is 0.305 e.